The molecule has 0 aliphatic carbocycles. The topological polar surface area (TPSA) is 76.0 Å². The number of fused-ring (bicyclic) bond motifs is 1. The third kappa shape index (κ3) is 3.83. The van der Waals surface area contributed by atoms with Gasteiger partial charge < -0.3 is 10.6 Å². The third-order valence-electron chi connectivity index (χ3n) is 3.65. The number of halogens is 1. The predicted octanol–water partition coefficient (Wildman–Crippen LogP) is 2.86. The number of amides is 1. The molecule has 0 atom stereocenters. The second kappa shape index (κ2) is 7.25. The van der Waals surface area contributed by atoms with Crippen LogP contribution in [0, 0.1) is 0 Å². The molecule has 130 valence electrons. The van der Waals surface area contributed by atoms with E-state index >= 15 is 0 Å². The minimum absolute atomic E-state index is 0.0944. The minimum Gasteiger partial charge on any atom is -0.355 e. The van der Waals surface area contributed by atoms with Crippen LogP contribution >= 0.6 is 22.9 Å². The van der Waals surface area contributed by atoms with Crippen LogP contribution in [0.4, 0.5) is 5.95 Å². The van der Waals surface area contributed by atoms with Crippen molar-refractivity contribution in [3.8, 4) is 10.4 Å². The highest BCUT2D eigenvalue weighted by Crippen LogP contribution is 2.32. The summed E-state index contributed by atoms with van der Waals surface area (Å²) >= 11 is 7.45. The zero-order chi connectivity index (χ0) is 18.0. The fourth-order valence-electron chi connectivity index (χ4n) is 2.41. The summed E-state index contributed by atoms with van der Waals surface area (Å²) in [5, 5.41) is 6.42. The first-order valence-electron chi connectivity index (χ1n) is 7.70. The minimum atomic E-state index is -0.106. The Hall–Kier alpha value is -2.38. The van der Waals surface area contributed by atoms with E-state index in [1.165, 1.54) is 22.8 Å². The molecule has 3 aromatic rings. The lowest BCUT2D eigenvalue weighted by Gasteiger charge is -2.09. The quantitative estimate of drug-likeness (QED) is 0.671. The van der Waals surface area contributed by atoms with E-state index in [-0.39, 0.29) is 11.5 Å². The number of carbonyl (C=O) groups is 1. The van der Waals surface area contributed by atoms with E-state index < -0.39 is 0 Å². The normalized spacial score (nSPS) is 10.8. The summed E-state index contributed by atoms with van der Waals surface area (Å²) in [7, 11) is 1.67. The number of carbonyl (C=O) groups excluding carboxylic acids is 1. The fourth-order valence-corrected chi connectivity index (χ4v) is 3.67. The zero-order valence-corrected chi connectivity index (χ0v) is 15.4. The highest BCUT2D eigenvalue weighted by atomic mass is 35.5. The van der Waals surface area contributed by atoms with E-state index in [0.717, 1.165) is 10.4 Å². The number of anilines is 1. The number of benzene rings is 1. The van der Waals surface area contributed by atoms with Crippen molar-refractivity contribution >= 4 is 45.0 Å². The lowest BCUT2D eigenvalue weighted by Crippen LogP contribution is -2.28. The first-order chi connectivity index (χ1) is 12.0. The first kappa shape index (κ1) is 17.4. The van der Waals surface area contributed by atoms with Gasteiger partial charge >= 0.3 is 0 Å². The molecule has 0 radical (unpaired) electrons. The van der Waals surface area contributed by atoms with Crippen molar-refractivity contribution in [1.29, 1.82) is 0 Å². The van der Waals surface area contributed by atoms with E-state index in [2.05, 4.69) is 15.6 Å². The van der Waals surface area contributed by atoms with Gasteiger partial charge in [-0.1, -0.05) is 23.7 Å². The van der Waals surface area contributed by atoms with Crippen molar-refractivity contribution in [2.24, 2.45) is 7.05 Å². The smallest absolute Gasteiger partial charge is 0.272 e. The Morgan fingerprint density at radius 3 is 2.84 bits per heavy atom. The van der Waals surface area contributed by atoms with Crippen LogP contribution in [-0.4, -0.2) is 28.5 Å². The van der Waals surface area contributed by atoms with Crippen molar-refractivity contribution in [2.75, 3.05) is 18.4 Å². The summed E-state index contributed by atoms with van der Waals surface area (Å²) in [5.74, 6) is 0.376. The molecule has 0 saturated carbocycles. The molecule has 1 aromatic carbocycles. The van der Waals surface area contributed by atoms with Crippen molar-refractivity contribution in [3.05, 3.63) is 45.7 Å². The molecule has 0 spiro atoms. The summed E-state index contributed by atoms with van der Waals surface area (Å²) in [6.45, 7) is 2.40. The van der Waals surface area contributed by atoms with Crippen LogP contribution in [0.1, 0.15) is 6.92 Å². The second-order valence-corrected chi connectivity index (χ2v) is 7.03. The average molecular weight is 377 g/mol. The number of nitrogens with zero attached hydrogens (tertiary/aromatic N) is 2. The molecule has 0 aliphatic rings. The maximum atomic E-state index is 12.6. The van der Waals surface area contributed by atoms with E-state index in [9.17, 15) is 9.59 Å². The van der Waals surface area contributed by atoms with Crippen molar-refractivity contribution < 1.29 is 4.79 Å². The highest BCUT2D eigenvalue weighted by molar-refractivity contribution is 7.22. The first-order valence-corrected chi connectivity index (χ1v) is 8.90. The molecule has 25 heavy (non-hydrogen) atoms. The highest BCUT2D eigenvalue weighted by Gasteiger charge is 2.13. The van der Waals surface area contributed by atoms with Gasteiger partial charge in [0.25, 0.3) is 5.56 Å². The van der Waals surface area contributed by atoms with Crippen molar-refractivity contribution in [3.63, 3.8) is 0 Å². The monoisotopic (exact) mass is 376 g/mol. The van der Waals surface area contributed by atoms with Crippen molar-refractivity contribution in [1.82, 2.24) is 14.9 Å². The van der Waals surface area contributed by atoms with Gasteiger partial charge in [-0.05, 0) is 23.8 Å². The van der Waals surface area contributed by atoms with E-state index in [0.29, 0.717) is 34.3 Å². The van der Waals surface area contributed by atoms with Crippen LogP contribution in [0.5, 0.6) is 0 Å². The standard InChI is InChI=1S/C17H17ClN4O2S/c1-10(23)19-6-7-20-17-21-13-9-14(11-4-3-5-12(18)8-11)25-15(13)16(24)22(17)2/h3-5,8-9H,6-7H2,1-2H3,(H,19,23)(H,20,21). The lowest BCUT2D eigenvalue weighted by molar-refractivity contribution is -0.118. The van der Waals surface area contributed by atoms with Crippen molar-refractivity contribution in [2.45, 2.75) is 6.92 Å². The third-order valence-corrected chi connectivity index (χ3v) is 5.04. The summed E-state index contributed by atoms with van der Waals surface area (Å²) in [6.07, 6.45) is 0. The predicted molar refractivity (Wildman–Crippen MR) is 102 cm³/mol. The van der Waals surface area contributed by atoms with Crippen LogP contribution in [0.3, 0.4) is 0 Å². The number of hydrogen-bond acceptors (Lipinski definition) is 5. The lowest BCUT2D eigenvalue weighted by atomic mass is 10.2. The molecule has 2 heterocycles. The Kier molecular flexibility index (Phi) is 5.06. The van der Waals surface area contributed by atoms with Gasteiger partial charge in [-0.15, -0.1) is 11.3 Å². The molecule has 0 bridgehead atoms. The van der Waals surface area contributed by atoms with Gasteiger partial charge in [-0.3, -0.25) is 14.2 Å². The summed E-state index contributed by atoms with van der Waals surface area (Å²) in [5.41, 5.74) is 1.49. The molecular weight excluding hydrogens is 360 g/mol. The van der Waals surface area contributed by atoms with E-state index in [4.69, 9.17) is 11.6 Å². The maximum absolute atomic E-state index is 12.6. The zero-order valence-electron chi connectivity index (χ0n) is 13.8. The molecular formula is C17H17ClN4O2S. The van der Waals surface area contributed by atoms with Gasteiger partial charge in [0.1, 0.15) is 4.70 Å². The van der Waals surface area contributed by atoms with Crippen LogP contribution in [-0.2, 0) is 11.8 Å². The largest absolute Gasteiger partial charge is 0.355 e. The van der Waals surface area contributed by atoms with Crippen LogP contribution < -0.4 is 16.2 Å². The molecule has 0 aliphatic heterocycles. The van der Waals surface area contributed by atoms with Gasteiger partial charge in [0.05, 0.1) is 5.52 Å². The van der Waals surface area contributed by atoms with Gasteiger partial charge in [0.2, 0.25) is 11.9 Å². The molecule has 2 aromatic heterocycles. The van der Waals surface area contributed by atoms with Crippen LogP contribution in [0.15, 0.2) is 35.1 Å². The second-order valence-electron chi connectivity index (χ2n) is 5.54. The summed E-state index contributed by atoms with van der Waals surface area (Å²) < 4.78 is 2.08. The number of aromatic nitrogens is 2. The summed E-state index contributed by atoms with van der Waals surface area (Å²) in [6, 6.07) is 9.40. The number of thiophene rings is 1. The molecule has 2 N–H and O–H groups in total. The molecule has 0 saturated heterocycles. The Morgan fingerprint density at radius 1 is 1.32 bits per heavy atom. The molecule has 0 unspecified atom stereocenters. The Bertz CT molecular complexity index is 996. The molecule has 1 amide bonds. The number of hydrogen-bond donors (Lipinski definition) is 2. The van der Waals surface area contributed by atoms with Crippen LogP contribution in [0.25, 0.3) is 20.7 Å². The van der Waals surface area contributed by atoms with Gasteiger partial charge in [0, 0.05) is 37.0 Å². The SMILES string of the molecule is CC(=O)NCCNc1nc2cc(-c3cccc(Cl)c3)sc2c(=O)n1C. The van der Waals surface area contributed by atoms with Gasteiger partial charge in [0.15, 0.2) is 0 Å². The Morgan fingerprint density at radius 2 is 2.12 bits per heavy atom. The average Bonchev–Trinajstić information content (AvgIpc) is 3.00. The van der Waals surface area contributed by atoms with Crippen LogP contribution in [0.2, 0.25) is 5.02 Å². The Balaban J connectivity index is 1.93. The van der Waals surface area contributed by atoms with E-state index in [1.807, 2.05) is 30.3 Å². The van der Waals surface area contributed by atoms with E-state index in [1.54, 1.807) is 7.05 Å². The molecule has 6 nitrogen and oxygen atoms in total. The molecule has 3 rings (SSSR count). The van der Waals surface area contributed by atoms with Gasteiger partial charge in [-0.2, -0.15) is 0 Å². The Labute approximate surface area is 153 Å². The molecule has 0 fully saturated rings. The number of nitrogens with one attached hydrogen (secondary N) is 2. The van der Waals surface area contributed by atoms with Gasteiger partial charge in [-0.25, -0.2) is 4.98 Å². The maximum Gasteiger partial charge on any atom is 0.272 e. The summed E-state index contributed by atoms with van der Waals surface area (Å²) in [4.78, 5) is 29.0. The molecule has 8 heteroatoms. The fraction of sp³-hybridized carbons (Fsp3) is 0.235. The number of rotatable bonds is 5.